The van der Waals surface area contributed by atoms with E-state index in [1.165, 1.54) is 223 Å². The van der Waals surface area contributed by atoms with Crippen molar-refractivity contribution in [2.75, 3.05) is 0 Å². The lowest BCUT2D eigenvalue weighted by atomic mass is 9.92. The molecule has 5 aliphatic carbocycles. The summed E-state index contributed by atoms with van der Waals surface area (Å²) in [5.74, 6) is 0. The highest BCUT2D eigenvalue weighted by Crippen LogP contribution is 2.47. The Morgan fingerprint density at radius 2 is 0.600 bits per heavy atom. The van der Waals surface area contributed by atoms with E-state index in [0.29, 0.717) is 0 Å². The van der Waals surface area contributed by atoms with Gasteiger partial charge >= 0.3 is 0 Å². The molecule has 0 heterocycles. The highest BCUT2D eigenvalue weighted by atomic mass is 14.3. The van der Waals surface area contributed by atoms with Gasteiger partial charge in [0, 0.05) is 0 Å². The molecule has 0 heteroatoms. The lowest BCUT2D eigenvalue weighted by Crippen LogP contribution is -1.93. The molecule has 10 aromatic carbocycles. The van der Waals surface area contributed by atoms with Gasteiger partial charge in [-0.25, -0.2) is 0 Å². The summed E-state index contributed by atoms with van der Waals surface area (Å²) in [7, 11) is 0. The van der Waals surface area contributed by atoms with E-state index >= 15 is 0 Å². The van der Waals surface area contributed by atoms with Crippen molar-refractivity contribution in [1.29, 1.82) is 0 Å². The molecule has 0 fully saturated rings. The molecule has 0 aliphatic heterocycles. The minimum atomic E-state index is 1.10. The first-order valence-electron chi connectivity index (χ1n) is 31.4. The quantitative estimate of drug-likeness (QED) is 0.142. The third kappa shape index (κ3) is 10.5. The van der Waals surface area contributed by atoms with Crippen molar-refractivity contribution in [1.82, 2.24) is 0 Å². The van der Waals surface area contributed by atoms with Gasteiger partial charge in [0.25, 0.3) is 0 Å². The number of aryl methyl sites for hydroxylation is 10. The SMILES string of the molecule is Cc1cc2c(c(C)c1C)-c1c(C)cccc1C2.Cc1cc2c(c(C)c1C)-c1cccc(C)c1C2.Cc1cc2c(c(C)c1C)Cc1c(C)cccc1-2.Cc1ccc2c(c1)-c1c(cc(C)c(C)c1C)C2.Cc1ccc2c(c1)Cc1cc(C)c(C)c(C)c1-2. The van der Waals surface area contributed by atoms with Crippen LogP contribution in [0.3, 0.4) is 0 Å². The monoisotopic (exact) mass is 1110 g/mol. The zero-order valence-corrected chi connectivity index (χ0v) is 55.1. The van der Waals surface area contributed by atoms with Crippen LogP contribution in [-0.4, -0.2) is 0 Å². The van der Waals surface area contributed by atoms with E-state index in [1.54, 1.807) is 0 Å². The number of fused-ring (bicyclic) bond motifs is 15. The number of rotatable bonds is 0. The summed E-state index contributed by atoms with van der Waals surface area (Å²) in [6.07, 6.45) is 5.54. The first-order chi connectivity index (χ1) is 40.4. The molecule has 15 rings (SSSR count). The molecule has 0 atom stereocenters. The van der Waals surface area contributed by atoms with Crippen LogP contribution in [0.1, 0.15) is 167 Å². The first kappa shape index (κ1) is 59.0. The standard InChI is InChI=1S/5C17H18/c1-10-5-6-16-14(7-10)9-15-8-11(2)12(3)13(4)17(15)16;1-10-5-6-14-9-15-8-11(2)12(3)13(4)17(15)16(14)7-10;1-10-6-5-7-15-16(10)9-14-8-11(2)12(3)13(4)17(14)15;1-10-6-5-7-14-15(10)9-16-13(4)12(3)11(2)8-17(14)16;1-10-6-5-7-14-9-15-8-11(2)12(3)13(4)17(15)16(10)14/h5*5-8H,9H2,1-4H3. The maximum Gasteiger partial charge on any atom is -0.000809 e. The van der Waals surface area contributed by atoms with Crippen molar-refractivity contribution < 1.29 is 0 Å². The second-order valence-electron chi connectivity index (χ2n) is 26.4. The molecule has 85 heavy (non-hydrogen) atoms. The minimum Gasteiger partial charge on any atom is -0.0617 e. The van der Waals surface area contributed by atoms with Crippen LogP contribution < -0.4 is 0 Å². The van der Waals surface area contributed by atoms with E-state index in [4.69, 9.17) is 0 Å². The van der Waals surface area contributed by atoms with Gasteiger partial charge in [0.05, 0.1) is 0 Å². The van der Waals surface area contributed by atoms with Crippen LogP contribution in [0.2, 0.25) is 0 Å². The van der Waals surface area contributed by atoms with E-state index in [-0.39, 0.29) is 0 Å². The van der Waals surface area contributed by atoms with Gasteiger partial charge in [0.1, 0.15) is 0 Å². The average molecular weight is 1110 g/mol. The van der Waals surface area contributed by atoms with Crippen LogP contribution in [0.5, 0.6) is 0 Å². The van der Waals surface area contributed by atoms with Crippen LogP contribution in [0.4, 0.5) is 0 Å². The summed E-state index contributed by atoms with van der Waals surface area (Å²) in [5, 5.41) is 0. The lowest BCUT2D eigenvalue weighted by Gasteiger charge is -2.13. The molecule has 0 N–H and O–H groups in total. The minimum absolute atomic E-state index is 1.10. The summed E-state index contributed by atoms with van der Waals surface area (Å²) in [6.45, 7) is 44.6. The Labute approximate surface area is 511 Å². The summed E-state index contributed by atoms with van der Waals surface area (Å²) >= 11 is 0. The van der Waals surface area contributed by atoms with E-state index in [2.05, 4.69) is 260 Å². The Hall–Kier alpha value is -7.80. The number of benzene rings is 10. The molecule has 0 amide bonds. The van der Waals surface area contributed by atoms with Gasteiger partial charge in [-0.2, -0.15) is 0 Å². The van der Waals surface area contributed by atoms with Crippen LogP contribution in [0, 0.1) is 138 Å². The molecule has 0 aromatic heterocycles. The summed E-state index contributed by atoms with van der Waals surface area (Å²) in [4.78, 5) is 0. The first-order valence-corrected chi connectivity index (χ1v) is 31.4. The lowest BCUT2D eigenvalue weighted by molar-refractivity contribution is 1.15. The molecule has 0 unspecified atom stereocenters. The largest absolute Gasteiger partial charge is 0.0617 e. The fourth-order valence-corrected chi connectivity index (χ4v) is 15.1. The van der Waals surface area contributed by atoms with Crippen molar-refractivity contribution in [2.45, 2.75) is 171 Å². The van der Waals surface area contributed by atoms with Crippen LogP contribution in [-0.2, 0) is 32.1 Å². The van der Waals surface area contributed by atoms with Crippen molar-refractivity contribution in [2.24, 2.45) is 0 Å². The molecule has 0 nitrogen and oxygen atoms in total. The highest BCUT2D eigenvalue weighted by Gasteiger charge is 2.27. The summed E-state index contributed by atoms with van der Waals surface area (Å²) in [5.41, 5.74) is 58.5. The molecule has 0 saturated carbocycles. The third-order valence-electron chi connectivity index (χ3n) is 21.2. The Morgan fingerprint density at radius 1 is 0.188 bits per heavy atom. The van der Waals surface area contributed by atoms with Gasteiger partial charge in [-0.05, 0) is 382 Å². The summed E-state index contributed by atoms with van der Waals surface area (Å²) in [6, 6.07) is 45.5. The molecule has 10 aromatic rings. The fourth-order valence-electron chi connectivity index (χ4n) is 15.1. The smallest absolute Gasteiger partial charge is 0.000809 e. The maximum atomic E-state index is 2.37. The Balaban J connectivity index is 0.000000111. The Morgan fingerprint density at radius 3 is 1.19 bits per heavy atom. The Kier molecular flexibility index (Phi) is 15.9. The van der Waals surface area contributed by atoms with Crippen molar-refractivity contribution in [3.63, 3.8) is 0 Å². The van der Waals surface area contributed by atoms with Crippen LogP contribution in [0.25, 0.3) is 55.6 Å². The molecule has 0 bridgehead atoms. The molecule has 0 saturated heterocycles. The topological polar surface area (TPSA) is 0 Å². The van der Waals surface area contributed by atoms with E-state index in [1.807, 2.05) is 0 Å². The van der Waals surface area contributed by atoms with Crippen molar-refractivity contribution in [3.8, 4) is 55.6 Å². The molecular weight excluding hydrogens is 1020 g/mol. The van der Waals surface area contributed by atoms with Gasteiger partial charge in [-0.15, -0.1) is 0 Å². The van der Waals surface area contributed by atoms with Crippen molar-refractivity contribution in [3.05, 3.63) is 288 Å². The van der Waals surface area contributed by atoms with E-state index < -0.39 is 0 Å². The highest BCUT2D eigenvalue weighted by molar-refractivity contribution is 5.86. The molecular formula is C85H90. The normalized spacial score (nSPS) is 12.5. The van der Waals surface area contributed by atoms with Gasteiger partial charge in [0.2, 0.25) is 0 Å². The molecule has 0 radical (unpaired) electrons. The van der Waals surface area contributed by atoms with Gasteiger partial charge < -0.3 is 0 Å². The molecule has 0 spiro atoms. The van der Waals surface area contributed by atoms with Gasteiger partial charge in [-0.1, -0.05) is 132 Å². The zero-order valence-electron chi connectivity index (χ0n) is 55.1. The fraction of sp³-hybridized carbons (Fsp3) is 0.294. The zero-order chi connectivity index (χ0) is 60.8. The predicted molar refractivity (Wildman–Crippen MR) is 368 cm³/mol. The predicted octanol–water partition coefficient (Wildman–Crippen LogP) is 22.5. The van der Waals surface area contributed by atoms with Crippen LogP contribution in [0.15, 0.2) is 121 Å². The van der Waals surface area contributed by atoms with Crippen LogP contribution >= 0.6 is 0 Å². The van der Waals surface area contributed by atoms with Crippen molar-refractivity contribution >= 4 is 0 Å². The maximum absolute atomic E-state index is 2.37. The summed E-state index contributed by atoms with van der Waals surface area (Å²) < 4.78 is 0. The second kappa shape index (κ2) is 22.9. The molecule has 5 aliphatic rings. The molecule has 430 valence electrons. The third-order valence-corrected chi connectivity index (χ3v) is 21.2. The van der Waals surface area contributed by atoms with Gasteiger partial charge in [-0.3, -0.25) is 0 Å². The Bertz CT molecular complexity index is 4390. The number of hydrogen-bond acceptors (Lipinski definition) is 0. The average Bonchev–Trinajstić information content (AvgIpc) is 2.85. The second-order valence-corrected chi connectivity index (χ2v) is 26.4. The van der Waals surface area contributed by atoms with E-state index in [0.717, 1.165) is 32.1 Å². The van der Waals surface area contributed by atoms with E-state index in [9.17, 15) is 0 Å². The van der Waals surface area contributed by atoms with Gasteiger partial charge in [0.15, 0.2) is 0 Å². The number of hydrogen-bond donors (Lipinski definition) is 0.